The Hall–Kier alpha value is -3.74. The number of anilines is 1. The highest BCUT2D eigenvalue weighted by Crippen LogP contribution is 2.26. The molecule has 3 aromatic carbocycles. The van der Waals surface area contributed by atoms with Gasteiger partial charge in [0.1, 0.15) is 11.8 Å². The monoisotopic (exact) mass is 466 g/mol. The Balaban J connectivity index is 1.30. The molecule has 1 unspecified atom stereocenters. The van der Waals surface area contributed by atoms with Gasteiger partial charge in [0.05, 0.1) is 12.6 Å². The van der Waals surface area contributed by atoms with E-state index >= 15 is 0 Å². The number of carbonyl (C=O) groups is 1. The van der Waals surface area contributed by atoms with Crippen LogP contribution in [0.5, 0.6) is 5.75 Å². The van der Waals surface area contributed by atoms with Crippen molar-refractivity contribution < 1.29 is 9.53 Å². The molecule has 6 nitrogen and oxygen atoms in total. The van der Waals surface area contributed by atoms with Crippen molar-refractivity contribution in [3.05, 3.63) is 102 Å². The third-order valence-electron chi connectivity index (χ3n) is 6.58. The van der Waals surface area contributed by atoms with Crippen LogP contribution in [0.2, 0.25) is 0 Å². The van der Waals surface area contributed by atoms with Crippen LogP contribution in [0.15, 0.2) is 91.1 Å². The summed E-state index contributed by atoms with van der Waals surface area (Å²) < 4.78 is 5.31. The van der Waals surface area contributed by atoms with Crippen molar-refractivity contribution in [3.63, 3.8) is 0 Å². The first-order valence-corrected chi connectivity index (χ1v) is 12.0. The smallest absolute Gasteiger partial charge is 0.246 e. The second-order valence-electron chi connectivity index (χ2n) is 8.84. The van der Waals surface area contributed by atoms with Gasteiger partial charge >= 0.3 is 0 Å². The van der Waals surface area contributed by atoms with Crippen LogP contribution in [-0.4, -0.2) is 54.0 Å². The summed E-state index contributed by atoms with van der Waals surface area (Å²) in [4.78, 5) is 22.8. The van der Waals surface area contributed by atoms with Crippen molar-refractivity contribution in [1.82, 2.24) is 14.8 Å². The SMILES string of the molecule is COc1cccc(NC(=O)C(c2ccccc2)N2CCN(Cc3cccc4cccnc34)CC2)c1. The Labute approximate surface area is 206 Å². The number of rotatable bonds is 7. The highest BCUT2D eigenvalue weighted by atomic mass is 16.5. The van der Waals surface area contributed by atoms with Crippen LogP contribution in [0.3, 0.4) is 0 Å². The lowest BCUT2D eigenvalue weighted by Gasteiger charge is -2.39. The van der Waals surface area contributed by atoms with Crippen LogP contribution in [0.25, 0.3) is 10.9 Å². The molecule has 1 amide bonds. The fourth-order valence-electron chi connectivity index (χ4n) is 4.79. The summed E-state index contributed by atoms with van der Waals surface area (Å²) in [6.07, 6.45) is 1.86. The predicted molar refractivity (Wildman–Crippen MR) is 139 cm³/mol. The van der Waals surface area contributed by atoms with Gasteiger partial charge in [-0.1, -0.05) is 60.7 Å². The summed E-state index contributed by atoms with van der Waals surface area (Å²) in [5.74, 6) is 0.687. The van der Waals surface area contributed by atoms with E-state index < -0.39 is 0 Å². The molecule has 1 fully saturated rings. The zero-order valence-corrected chi connectivity index (χ0v) is 19.9. The van der Waals surface area contributed by atoms with Crippen LogP contribution in [0.1, 0.15) is 17.2 Å². The van der Waals surface area contributed by atoms with Gasteiger partial charge in [-0.05, 0) is 29.3 Å². The molecule has 178 valence electrons. The quantitative estimate of drug-likeness (QED) is 0.426. The molecule has 1 aromatic heterocycles. The maximum Gasteiger partial charge on any atom is 0.246 e. The first kappa shape index (κ1) is 23.0. The minimum Gasteiger partial charge on any atom is -0.497 e. The number of piperazine rings is 1. The largest absolute Gasteiger partial charge is 0.497 e. The molecule has 35 heavy (non-hydrogen) atoms. The number of ether oxygens (including phenoxy) is 1. The van der Waals surface area contributed by atoms with E-state index in [0.717, 1.165) is 55.2 Å². The number of aromatic nitrogens is 1. The molecule has 1 saturated heterocycles. The molecule has 2 heterocycles. The molecule has 0 saturated carbocycles. The molecule has 6 heteroatoms. The molecular formula is C29H30N4O2. The van der Waals surface area contributed by atoms with E-state index in [0.29, 0.717) is 0 Å². The summed E-state index contributed by atoms with van der Waals surface area (Å²) in [5, 5.41) is 4.27. The number of carbonyl (C=O) groups excluding carboxylic acids is 1. The molecular weight excluding hydrogens is 436 g/mol. The van der Waals surface area contributed by atoms with E-state index in [2.05, 4.69) is 44.4 Å². The Morgan fingerprint density at radius 2 is 1.71 bits per heavy atom. The van der Waals surface area contributed by atoms with Crippen LogP contribution < -0.4 is 10.1 Å². The Morgan fingerprint density at radius 1 is 0.943 bits per heavy atom. The molecule has 4 aromatic rings. The molecule has 1 N–H and O–H groups in total. The maximum absolute atomic E-state index is 13.5. The van der Waals surface area contributed by atoms with Crippen LogP contribution >= 0.6 is 0 Å². The predicted octanol–water partition coefficient (Wildman–Crippen LogP) is 4.74. The number of benzene rings is 3. The third-order valence-corrected chi connectivity index (χ3v) is 6.58. The number of para-hydroxylation sites is 1. The number of hydrogen-bond acceptors (Lipinski definition) is 5. The van der Waals surface area contributed by atoms with E-state index in [9.17, 15) is 4.79 Å². The van der Waals surface area contributed by atoms with Crippen LogP contribution in [-0.2, 0) is 11.3 Å². The second kappa shape index (κ2) is 10.7. The van der Waals surface area contributed by atoms with E-state index in [1.54, 1.807) is 7.11 Å². The number of nitrogens with zero attached hydrogens (tertiary/aromatic N) is 3. The molecule has 1 aliphatic rings. The second-order valence-corrected chi connectivity index (χ2v) is 8.84. The average molecular weight is 467 g/mol. The van der Waals surface area contributed by atoms with Crippen molar-refractivity contribution in [2.24, 2.45) is 0 Å². The van der Waals surface area contributed by atoms with Gasteiger partial charge in [-0.15, -0.1) is 0 Å². The number of hydrogen-bond donors (Lipinski definition) is 1. The number of pyridine rings is 1. The molecule has 0 radical (unpaired) electrons. The van der Waals surface area contributed by atoms with Crippen molar-refractivity contribution >= 4 is 22.5 Å². The Morgan fingerprint density at radius 3 is 2.51 bits per heavy atom. The third kappa shape index (κ3) is 5.34. The standard InChI is InChI=1S/C29H30N4O2/c1-35-26-14-6-13-25(20-26)31-29(34)28(23-8-3-2-4-9-23)33-18-16-32(17-19-33)21-24-11-5-10-22-12-7-15-30-27(22)24/h2-15,20,28H,16-19,21H2,1H3,(H,31,34). The van der Waals surface area contributed by atoms with Crippen LogP contribution in [0.4, 0.5) is 5.69 Å². The maximum atomic E-state index is 13.5. The summed E-state index contributed by atoms with van der Waals surface area (Å²) >= 11 is 0. The topological polar surface area (TPSA) is 57.7 Å². The fraction of sp³-hybridized carbons (Fsp3) is 0.241. The number of fused-ring (bicyclic) bond motifs is 1. The first-order valence-electron chi connectivity index (χ1n) is 12.0. The summed E-state index contributed by atoms with van der Waals surface area (Å²) in [7, 11) is 1.63. The summed E-state index contributed by atoms with van der Waals surface area (Å²) in [5.41, 5.74) is 4.04. The van der Waals surface area contributed by atoms with Gasteiger partial charge < -0.3 is 10.1 Å². The van der Waals surface area contributed by atoms with Gasteiger partial charge in [0.2, 0.25) is 5.91 Å². The van der Waals surface area contributed by atoms with Crippen molar-refractivity contribution in [3.8, 4) is 5.75 Å². The molecule has 1 atom stereocenters. The number of methoxy groups -OCH3 is 1. The van der Waals surface area contributed by atoms with E-state index in [1.807, 2.05) is 66.9 Å². The summed E-state index contributed by atoms with van der Waals surface area (Å²) in [6, 6.07) is 27.6. The van der Waals surface area contributed by atoms with Gasteiger partial charge in [-0.3, -0.25) is 19.6 Å². The molecule has 0 aliphatic carbocycles. The van der Waals surface area contributed by atoms with Crippen molar-refractivity contribution in [1.29, 1.82) is 0 Å². The van der Waals surface area contributed by atoms with E-state index in [-0.39, 0.29) is 11.9 Å². The molecule has 5 rings (SSSR count). The normalized spacial score (nSPS) is 15.6. The van der Waals surface area contributed by atoms with Gasteiger partial charge in [-0.25, -0.2) is 0 Å². The number of amides is 1. The molecule has 1 aliphatic heterocycles. The van der Waals surface area contributed by atoms with Crippen molar-refractivity contribution in [2.75, 3.05) is 38.6 Å². The average Bonchev–Trinajstić information content (AvgIpc) is 2.91. The lowest BCUT2D eigenvalue weighted by molar-refractivity contribution is -0.122. The highest BCUT2D eigenvalue weighted by Gasteiger charge is 2.30. The zero-order valence-electron chi connectivity index (χ0n) is 19.9. The molecule has 0 bridgehead atoms. The van der Waals surface area contributed by atoms with Gasteiger partial charge in [-0.2, -0.15) is 0 Å². The lowest BCUT2D eigenvalue weighted by Crippen LogP contribution is -2.49. The summed E-state index contributed by atoms with van der Waals surface area (Å²) in [6.45, 7) is 4.25. The van der Waals surface area contributed by atoms with Gasteiger partial charge in [0, 0.05) is 56.1 Å². The first-order chi connectivity index (χ1) is 17.2. The Bertz CT molecular complexity index is 1280. The number of nitrogens with one attached hydrogen (secondary N) is 1. The van der Waals surface area contributed by atoms with Crippen LogP contribution in [0, 0.1) is 0 Å². The van der Waals surface area contributed by atoms with Gasteiger partial charge in [0.25, 0.3) is 0 Å². The van der Waals surface area contributed by atoms with Crippen molar-refractivity contribution in [2.45, 2.75) is 12.6 Å². The van der Waals surface area contributed by atoms with Gasteiger partial charge in [0.15, 0.2) is 0 Å². The minimum atomic E-state index is -0.358. The Kier molecular flexibility index (Phi) is 7.02. The minimum absolute atomic E-state index is 0.0313. The lowest BCUT2D eigenvalue weighted by atomic mass is 10.0. The molecule has 0 spiro atoms. The van der Waals surface area contributed by atoms with E-state index in [4.69, 9.17) is 4.74 Å². The zero-order chi connectivity index (χ0) is 24.0. The fourth-order valence-corrected chi connectivity index (χ4v) is 4.79. The highest BCUT2D eigenvalue weighted by molar-refractivity contribution is 5.95. The van der Waals surface area contributed by atoms with E-state index in [1.165, 1.54) is 10.9 Å².